The molecule has 2 aromatic carbocycles. The first-order valence-corrected chi connectivity index (χ1v) is 6.95. The van der Waals surface area contributed by atoms with Gasteiger partial charge in [-0.1, -0.05) is 18.2 Å². The average Bonchev–Trinajstić information content (AvgIpc) is 2.86. The molecule has 0 bridgehead atoms. The van der Waals surface area contributed by atoms with E-state index in [1.165, 1.54) is 12.1 Å². The molecule has 0 aliphatic heterocycles. The molecule has 0 spiro atoms. The van der Waals surface area contributed by atoms with Crippen LogP contribution < -0.4 is 10.1 Å². The van der Waals surface area contributed by atoms with Crippen LogP contribution in [0.25, 0.3) is 16.6 Å². The number of nitrogens with zero attached hydrogens (tertiary/aromatic N) is 2. The number of fused-ring (bicyclic) bond motifs is 1. The predicted octanol–water partition coefficient (Wildman–Crippen LogP) is 4.07. The molecule has 0 amide bonds. The van der Waals surface area contributed by atoms with E-state index in [9.17, 15) is 13.2 Å². The molecule has 0 aliphatic rings. The molecule has 1 aromatic heterocycles. The second kappa shape index (κ2) is 7.11. The molecule has 0 atom stereocenters. The summed E-state index contributed by atoms with van der Waals surface area (Å²) in [7, 11) is 1.83. The van der Waals surface area contributed by atoms with Gasteiger partial charge in [0.25, 0.3) is 0 Å². The molecular weight excluding hydrogens is 343 g/mol. The van der Waals surface area contributed by atoms with Crippen molar-refractivity contribution < 1.29 is 17.9 Å². The summed E-state index contributed by atoms with van der Waals surface area (Å²) in [5, 5.41) is 8.60. The molecule has 3 rings (SSSR count). The van der Waals surface area contributed by atoms with Crippen LogP contribution in [-0.4, -0.2) is 23.2 Å². The number of rotatable bonds is 4. The van der Waals surface area contributed by atoms with Gasteiger partial charge in [-0.05, 0) is 37.4 Å². The third-order valence-electron chi connectivity index (χ3n) is 3.32. The lowest BCUT2D eigenvalue weighted by atomic mass is 10.2. The SMILES string of the molecule is CNCc1nn(-c2ccc(OC(F)(F)F)cc2)c2ccccc12.Cl. The molecule has 0 unspecified atom stereocenters. The summed E-state index contributed by atoms with van der Waals surface area (Å²) in [5.41, 5.74) is 2.43. The number of nitrogens with one attached hydrogen (secondary N) is 1. The Hall–Kier alpha value is -2.25. The topological polar surface area (TPSA) is 39.1 Å². The van der Waals surface area contributed by atoms with E-state index in [4.69, 9.17) is 0 Å². The van der Waals surface area contributed by atoms with E-state index >= 15 is 0 Å². The largest absolute Gasteiger partial charge is 0.573 e. The van der Waals surface area contributed by atoms with Crippen LogP contribution in [0.3, 0.4) is 0 Å². The lowest BCUT2D eigenvalue weighted by molar-refractivity contribution is -0.274. The molecule has 24 heavy (non-hydrogen) atoms. The van der Waals surface area contributed by atoms with Crippen LogP contribution in [0.15, 0.2) is 48.5 Å². The predicted molar refractivity (Wildman–Crippen MR) is 87.8 cm³/mol. The molecule has 128 valence electrons. The number of halogens is 4. The third-order valence-corrected chi connectivity index (χ3v) is 3.32. The second-order valence-electron chi connectivity index (χ2n) is 4.95. The molecule has 0 radical (unpaired) electrons. The Morgan fingerprint density at radius 1 is 1.08 bits per heavy atom. The van der Waals surface area contributed by atoms with Crippen LogP contribution in [0.4, 0.5) is 13.2 Å². The third kappa shape index (κ3) is 3.80. The fraction of sp³-hybridized carbons (Fsp3) is 0.188. The van der Waals surface area contributed by atoms with Crippen molar-refractivity contribution in [3.05, 3.63) is 54.2 Å². The highest BCUT2D eigenvalue weighted by atomic mass is 35.5. The quantitative estimate of drug-likeness (QED) is 0.765. The van der Waals surface area contributed by atoms with Gasteiger partial charge in [-0.2, -0.15) is 5.10 Å². The van der Waals surface area contributed by atoms with E-state index in [2.05, 4.69) is 15.2 Å². The fourth-order valence-corrected chi connectivity index (χ4v) is 2.41. The van der Waals surface area contributed by atoms with Crippen molar-refractivity contribution in [2.75, 3.05) is 7.05 Å². The van der Waals surface area contributed by atoms with Gasteiger partial charge in [0.05, 0.1) is 16.9 Å². The Kier molecular flexibility index (Phi) is 5.36. The summed E-state index contributed by atoms with van der Waals surface area (Å²) in [4.78, 5) is 0. The summed E-state index contributed by atoms with van der Waals surface area (Å²) in [6.07, 6.45) is -4.69. The highest BCUT2D eigenvalue weighted by Gasteiger charge is 2.31. The molecule has 8 heteroatoms. The van der Waals surface area contributed by atoms with Crippen molar-refractivity contribution in [3.63, 3.8) is 0 Å². The maximum Gasteiger partial charge on any atom is 0.573 e. The minimum Gasteiger partial charge on any atom is -0.406 e. The van der Waals surface area contributed by atoms with Crippen molar-refractivity contribution in [3.8, 4) is 11.4 Å². The van der Waals surface area contributed by atoms with Gasteiger partial charge in [0.1, 0.15) is 5.75 Å². The number of para-hydroxylation sites is 1. The van der Waals surface area contributed by atoms with E-state index < -0.39 is 6.36 Å². The molecular formula is C16H15ClF3N3O. The smallest absolute Gasteiger partial charge is 0.406 e. The summed E-state index contributed by atoms with van der Waals surface area (Å²) in [5.74, 6) is -0.256. The lowest BCUT2D eigenvalue weighted by Gasteiger charge is -2.09. The first-order chi connectivity index (χ1) is 11.0. The van der Waals surface area contributed by atoms with Gasteiger partial charge in [0.2, 0.25) is 0 Å². The number of hydrogen-bond acceptors (Lipinski definition) is 3. The van der Waals surface area contributed by atoms with Crippen molar-refractivity contribution in [2.24, 2.45) is 0 Å². The molecule has 3 aromatic rings. The van der Waals surface area contributed by atoms with Gasteiger partial charge in [-0.15, -0.1) is 25.6 Å². The van der Waals surface area contributed by atoms with E-state index in [0.717, 1.165) is 16.6 Å². The molecule has 0 saturated carbocycles. The summed E-state index contributed by atoms with van der Waals surface area (Å²) in [6.45, 7) is 0.600. The molecule has 0 fully saturated rings. The van der Waals surface area contributed by atoms with Crippen LogP contribution in [0, 0.1) is 0 Å². The standard InChI is InChI=1S/C16H14F3N3O.ClH/c1-20-10-14-13-4-2-3-5-15(13)22(21-14)11-6-8-12(9-7-11)23-16(17,18)19;/h2-9,20H,10H2,1H3;1H. The number of hydrogen-bond donors (Lipinski definition) is 1. The minimum atomic E-state index is -4.69. The Morgan fingerprint density at radius 2 is 1.75 bits per heavy atom. The number of alkyl halides is 3. The molecule has 1 N–H and O–H groups in total. The Balaban J connectivity index is 0.00000208. The van der Waals surface area contributed by atoms with E-state index in [1.54, 1.807) is 16.8 Å². The zero-order valence-electron chi connectivity index (χ0n) is 12.7. The summed E-state index contributed by atoms with van der Waals surface area (Å²) < 4.78 is 42.2. The van der Waals surface area contributed by atoms with Crippen LogP contribution in [0.5, 0.6) is 5.75 Å². The van der Waals surface area contributed by atoms with E-state index in [1.807, 2.05) is 31.3 Å². The zero-order valence-corrected chi connectivity index (χ0v) is 13.5. The van der Waals surface area contributed by atoms with Crippen LogP contribution in [0.1, 0.15) is 5.69 Å². The average molecular weight is 358 g/mol. The first-order valence-electron chi connectivity index (χ1n) is 6.95. The number of aromatic nitrogens is 2. The van der Waals surface area contributed by atoms with Crippen LogP contribution >= 0.6 is 12.4 Å². The molecule has 0 aliphatic carbocycles. The van der Waals surface area contributed by atoms with Gasteiger partial charge in [0, 0.05) is 11.9 Å². The van der Waals surface area contributed by atoms with Crippen LogP contribution in [-0.2, 0) is 6.54 Å². The van der Waals surface area contributed by atoms with Crippen molar-refractivity contribution in [1.29, 1.82) is 0 Å². The van der Waals surface area contributed by atoms with Gasteiger partial charge >= 0.3 is 6.36 Å². The Bertz CT molecular complexity index is 816. The minimum absolute atomic E-state index is 0. The van der Waals surface area contributed by atoms with Crippen molar-refractivity contribution in [2.45, 2.75) is 12.9 Å². The van der Waals surface area contributed by atoms with Crippen LogP contribution in [0.2, 0.25) is 0 Å². The summed E-state index contributed by atoms with van der Waals surface area (Å²) >= 11 is 0. The number of benzene rings is 2. The van der Waals surface area contributed by atoms with Crippen molar-refractivity contribution in [1.82, 2.24) is 15.1 Å². The van der Waals surface area contributed by atoms with Gasteiger partial charge < -0.3 is 10.1 Å². The maximum absolute atomic E-state index is 12.2. The van der Waals surface area contributed by atoms with Gasteiger partial charge in [0.15, 0.2) is 0 Å². The van der Waals surface area contributed by atoms with E-state index in [0.29, 0.717) is 12.2 Å². The highest BCUT2D eigenvalue weighted by molar-refractivity contribution is 5.85. The highest BCUT2D eigenvalue weighted by Crippen LogP contribution is 2.26. The lowest BCUT2D eigenvalue weighted by Crippen LogP contribution is -2.17. The monoisotopic (exact) mass is 357 g/mol. The fourth-order valence-electron chi connectivity index (χ4n) is 2.41. The normalized spacial score (nSPS) is 11.3. The van der Waals surface area contributed by atoms with E-state index in [-0.39, 0.29) is 18.2 Å². The van der Waals surface area contributed by atoms with Gasteiger partial charge in [-0.25, -0.2) is 4.68 Å². The maximum atomic E-state index is 12.2. The second-order valence-corrected chi connectivity index (χ2v) is 4.95. The summed E-state index contributed by atoms with van der Waals surface area (Å²) in [6, 6.07) is 13.3. The van der Waals surface area contributed by atoms with Crippen molar-refractivity contribution >= 4 is 23.3 Å². The molecule has 0 saturated heterocycles. The molecule has 4 nitrogen and oxygen atoms in total. The number of ether oxygens (including phenoxy) is 1. The zero-order chi connectivity index (χ0) is 16.4. The van der Waals surface area contributed by atoms with Gasteiger partial charge in [-0.3, -0.25) is 0 Å². The Labute approximate surface area is 142 Å². The Morgan fingerprint density at radius 3 is 2.38 bits per heavy atom. The molecule has 1 heterocycles. The first kappa shape index (κ1) is 18.1.